The van der Waals surface area contributed by atoms with Crippen LogP contribution in [-0.4, -0.2) is 36.7 Å². The lowest BCUT2D eigenvalue weighted by molar-refractivity contribution is -0.380. The molecule has 0 bridgehead atoms. The third-order valence-electron chi connectivity index (χ3n) is 2.54. The van der Waals surface area contributed by atoms with Gasteiger partial charge in [0, 0.05) is 6.20 Å². The molecule has 0 radical (unpaired) electrons. The largest absolute Gasteiger partial charge is 0.410 e. The van der Waals surface area contributed by atoms with Crippen LogP contribution in [0.15, 0.2) is 40.2 Å². The molecule has 0 aliphatic rings. The lowest BCUT2D eigenvalue weighted by atomic mass is 10.3. The van der Waals surface area contributed by atoms with Crippen molar-refractivity contribution in [3.63, 3.8) is 0 Å². The van der Waals surface area contributed by atoms with Crippen molar-refractivity contribution in [1.82, 2.24) is 20.2 Å². The van der Waals surface area contributed by atoms with Crippen LogP contribution in [0.25, 0.3) is 11.6 Å². The smallest absolute Gasteiger partial charge is 0.345 e. The van der Waals surface area contributed by atoms with E-state index in [4.69, 9.17) is 4.42 Å². The minimum Gasteiger partial charge on any atom is -0.410 e. The van der Waals surface area contributed by atoms with Gasteiger partial charge < -0.3 is 9.73 Å². The van der Waals surface area contributed by atoms with E-state index in [9.17, 15) is 14.9 Å². The number of nitrogens with zero attached hydrogens (tertiary/aromatic N) is 5. The number of nitro groups is 1. The molecule has 0 unspecified atom stereocenters. The molecule has 0 saturated carbocycles. The van der Waals surface area contributed by atoms with Crippen LogP contribution >= 0.6 is 23.1 Å². The average molecular weight is 364 g/mol. The Morgan fingerprint density at radius 3 is 2.96 bits per heavy atom. The maximum absolute atomic E-state index is 11.8. The first-order valence-electron chi connectivity index (χ1n) is 6.39. The number of amides is 1. The highest BCUT2D eigenvalue weighted by molar-refractivity contribution is 7.99. The van der Waals surface area contributed by atoms with Crippen molar-refractivity contribution in [2.24, 2.45) is 0 Å². The fourth-order valence-electron chi connectivity index (χ4n) is 1.55. The molecule has 122 valence electrons. The van der Waals surface area contributed by atoms with E-state index in [1.165, 1.54) is 0 Å². The van der Waals surface area contributed by atoms with Crippen LogP contribution in [0.3, 0.4) is 0 Å². The molecule has 3 heterocycles. The van der Waals surface area contributed by atoms with E-state index in [1.807, 2.05) is 0 Å². The fourth-order valence-corrected chi connectivity index (χ4v) is 2.76. The Bertz CT molecular complexity index is 865. The zero-order valence-corrected chi connectivity index (χ0v) is 13.4. The first-order chi connectivity index (χ1) is 11.6. The Morgan fingerprint density at radius 2 is 2.25 bits per heavy atom. The molecule has 3 rings (SSSR count). The Hall–Kier alpha value is -2.86. The number of thiazole rings is 1. The number of hydrogen-bond donors (Lipinski definition) is 1. The fraction of sp³-hybridized carbons (Fsp3) is 0.0833. The predicted molar refractivity (Wildman–Crippen MR) is 85.7 cm³/mol. The minimum atomic E-state index is -0.570. The standard InChI is InChI=1S/C12H8N6O4S2/c19-8(15-11-14-5-9(24-11)18(20)21)6-23-12-17-16-10(22-12)7-3-1-2-4-13-7/h1-5H,6H2,(H,14,15,19). The molecule has 0 saturated heterocycles. The van der Waals surface area contributed by atoms with Gasteiger partial charge in [0.25, 0.3) is 11.1 Å². The van der Waals surface area contributed by atoms with Crippen molar-refractivity contribution in [2.45, 2.75) is 5.22 Å². The lowest BCUT2D eigenvalue weighted by Gasteiger charge is -1.98. The summed E-state index contributed by atoms with van der Waals surface area (Å²) in [5, 5.41) is 20.9. The van der Waals surface area contributed by atoms with Crippen LogP contribution in [0.2, 0.25) is 0 Å². The zero-order valence-electron chi connectivity index (χ0n) is 11.8. The van der Waals surface area contributed by atoms with Crippen LogP contribution < -0.4 is 5.32 Å². The monoisotopic (exact) mass is 364 g/mol. The van der Waals surface area contributed by atoms with Gasteiger partial charge in [-0.1, -0.05) is 17.8 Å². The first kappa shape index (κ1) is 16.0. The van der Waals surface area contributed by atoms with Crippen molar-refractivity contribution < 1.29 is 14.1 Å². The Morgan fingerprint density at radius 1 is 1.38 bits per heavy atom. The number of thioether (sulfide) groups is 1. The second kappa shape index (κ2) is 7.14. The second-order valence-electron chi connectivity index (χ2n) is 4.19. The summed E-state index contributed by atoms with van der Waals surface area (Å²) < 4.78 is 5.40. The molecule has 1 N–H and O–H groups in total. The lowest BCUT2D eigenvalue weighted by Crippen LogP contribution is -2.13. The zero-order chi connectivity index (χ0) is 16.9. The van der Waals surface area contributed by atoms with Gasteiger partial charge in [-0.15, -0.1) is 10.2 Å². The van der Waals surface area contributed by atoms with Gasteiger partial charge in [0.1, 0.15) is 11.9 Å². The summed E-state index contributed by atoms with van der Waals surface area (Å²) in [6, 6.07) is 5.28. The van der Waals surface area contributed by atoms with Crippen LogP contribution in [0.4, 0.5) is 10.1 Å². The van der Waals surface area contributed by atoms with Gasteiger partial charge in [0.05, 0.1) is 10.7 Å². The molecule has 24 heavy (non-hydrogen) atoms. The minimum absolute atomic E-state index is 0.00275. The van der Waals surface area contributed by atoms with Crippen molar-refractivity contribution in [3.05, 3.63) is 40.7 Å². The van der Waals surface area contributed by atoms with Crippen LogP contribution in [0.1, 0.15) is 0 Å². The van der Waals surface area contributed by atoms with Crippen LogP contribution in [-0.2, 0) is 4.79 Å². The number of hydrogen-bond acceptors (Lipinski definition) is 10. The van der Waals surface area contributed by atoms with Gasteiger partial charge in [0.15, 0.2) is 5.13 Å². The summed E-state index contributed by atoms with van der Waals surface area (Å²) in [7, 11) is 0. The number of carbonyl (C=O) groups is 1. The number of nitrogens with one attached hydrogen (secondary N) is 1. The van der Waals surface area contributed by atoms with Crippen LogP contribution in [0, 0.1) is 10.1 Å². The molecule has 12 heteroatoms. The molecule has 0 aliphatic heterocycles. The highest BCUT2D eigenvalue weighted by Gasteiger charge is 2.15. The Balaban J connectivity index is 1.54. The number of anilines is 1. The van der Waals surface area contributed by atoms with E-state index in [0.717, 1.165) is 29.3 Å². The molecule has 0 atom stereocenters. The van der Waals surface area contributed by atoms with Crippen molar-refractivity contribution in [2.75, 3.05) is 11.1 Å². The van der Waals surface area contributed by atoms with E-state index in [0.29, 0.717) is 5.69 Å². The molecular weight excluding hydrogens is 356 g/mol. The second-order valence-corrected chi connectivity index (χ2v) is 6.12. The number of carbonyl (C=O) groups excluding carboxylic acids is 1. The normalized spacial score (nSPS) is 10.5. The molecule has 3 aromatic heterocycles. The molecule has 0 fully saturated rings. The quantitative estimate of drug-likeness (QED) is 0.396. The molecular formula is C12H8N6O4S2. The average Bonchev–Trinajstić information content (AvgIpc) is 3.23. The summed E-state index contributed by atoms with van der Waals surface area (Å²) >= 11 is 1.82. The third-order valence-corrected chi connectivity index (χ3v) is 4.22. The molecule has 1 amide bonds. The van der Waals surface area contributed by atoms with E-state index >= 15 is 0 Å². The summed E-state index contributed by atoms with van der Waals surface area (Å²) in [4.78, 5) is 29.6. The van der Waals surface area contributed by atoms with E-state index in [-0.39, 0.29) is 32.9 Å². The topological polar surface area (TPSA) is 137 Å². The summed E-state index contributed by atoms with van der Waals surface area (Å²) in [5.74, 6) is -0.132. The summed E-state index contributed by atoms with van der Waals surface area (Å²) in [5.41, 5.74) is 0.538. The van der Waals surface area contributed by atoms with E-state index in [1.54, 1.807) is 24.4 Å². The molecule has 0 aromatic carbocycles. The SMILES string of the molecule is O=C(CSc1nnc(-c2ccccn2)o1)Nc1ncc([N+](=O)[O-])s1. The maximum atomic E-state index is 11.8. The number of pyridine rings is 1. The predicted octanol–water partition coefficient (Wildman–Crippen LogP) is 2.23. The van der Waals surface area contributed by atoms with Crippen molar-refractivity contribution in [1.29, 1.82) is 0 Å². The molecule has 0 spiro atoms. The molecule has 0 aliphatic carbocycles. The molecule has 3 aromatic rings. The summed E-state index contributed by atoms with van der Waals surface area (Å²) in [6.07, 6.45) is 2.69. The Labute approximate surface area is 142 Å². The number of rotatable bonds is 6. The van der Waals surface area contributed by atoms with E-state index in [2.05, 4.69) is 25.5 Å². The van der Waals surface area contributed by atoms with E-state index < -0.39 is 4.92 Å². The number of aromatic nitrogens is 4. The van der Waals surface area contributed by atoms with Gasteiger partial charge in [-0.25, -0.2) is 4.98 Å². The van der Waals surface area contributed by atoms with Gasteiger partial charge in [-0.2, -0.15) is 0 Å². The maximum Gasteiger partial charge on any atom is 0.345 e. The van der Waals surface area contributed by atoms with Gasteiger partial charge >= 0.3 is 5.00 Å². The van der Waals surface area contributed by atoms with Gasteiger partial charge in [-0.3, -0.25) is 19.9 Å². The van der Waals surface area contributed by atoms with Gasteiger partial charge in [-0.05, 0) is 23.5 Å². The van der Waals surface area contributed by atoms with Crippen LogP contribution in [0.5, 0.6) is 0 Å². The van der Waals surface area contributed by atoms with Crippen molar-refractivity contribution >= 4 is 39.1 Å². The highest BCUT2D eigenvalue weighted by Crippen LogP contribution is 2.26. The first-order valence-corrected chi connectivity index (χ1v) is 8.20. The third kappa shape index (κ3) is 3.91. The highest BCUT2D eigenvalue weighted by atomic mass is 32.2. The summed E-state index contributed by atoms with van der Waals surface area (Å²) in [6.45, 7) is 0. The van der Waals surface area contributed by atoms with Crippen molar-refractivity contribution in [3.8, 4) is 11.6 Å². The Kier molecular flexibility index (Phi) is 4.77. The molecule has 10 nitrogen and oxygen atoms in total. The van der Waals surface area contributed by atoms with Gasteiger partial charge in [0.2, 0.25) is 5.91 Å².